The highest BCUT2D eigenvalue weighted by atomic mass is 32.2. The predicted octanol–water partition coefficient (Wildman–Crippen LogP) is 5.09. The molecule has 0 radical (unpaired) electrons. The number of rotatable bonds is 13. The summed E-state index contributed by atoms with van der Waals surface area (Å²) in [6.07, 6.45) is 1.31. The van der Waals surface area contributed by atoms with Crippen molar-refractivity contribution < 1.29 is 14.3 Å². The molecular weight excluding hydrogens is 456 g/mol. The van der Waals surface area contributed by atoms with E-state index in [0.717, 1.165) is 28.9 Å². The predicted molar refractivity (Wildman–Crippen MR) is 143 cm³/mol. The zero-order valence-corrected chi connectivity index (χ0v) is 21.3. The van der Waals surface area contributed by atoms with Crippen molar-refractivity contribution in [3.63, 3.8) is 0 Å². The molecule has 0 spiro atoms. The third-order valence-electron chi connectivity index (χ3n) is 5.67. The first kappa shape index (κ1) is 26.4. The minimum absolute atomic E-state index is 0.0417. The van der Waals surface area contributed by atoms with Crippen LogP contribution in [0, 0.1) is 0 Å². The Kier molecular flexibility index (Phi) is 10.7. The molecule has 0 heterocycles. The molecule has 1 unspecified atom stereocenters. The number of ether oxygens (including phenoxy) is 1. The summed E-state index contributed by atoms with van der Waals surface area (Å²) in [6.45, 7) is 3.00. The fourth-order valence-electron chi connectivity index (χ4n) is 3.76. The second kappa shape index (κ2) is 14.2. The highest BCUT2D eigenvalue weighted by Crippen LogP contribution is 2.20. The lowest BCUT2D eigenvalue weighted by Gasteiger charge is -2.31. The van der Waals surface area contributed by atoms with Gasteiger partial charge in [-0.3, -0.25) is 9.59 Å². The topological polar surface area (TPSA) is 58.6 Å². The number of hydrogen-bond acceptors (Lipinski definition) is 4. The highest BCUT2D eigenvalue weighted by Gasteiger charge is 2.30. The Hall–Kier alpha value is -3.25. The summed E-state index contributed by atoms with van der Waals surface area (Å²) in [5.74, 6) is 1.66. The van der Waals surface area contributed by atoms with E-state index in [1.807, 2.05) is 91.9 Å². The van der Waals surface area contributed by atoms with Crippen LogP contribution in [0.3, 0.4) is 0 Å². The number of carbonyl (C=O) groups excluding carboxylic acids is 2. The van der Waals surface area contributed by atoms with Gasteiger partial charge in [-0.2, -0.15) is 0 Å². The zero-order chi connectivity index (χ0) is 24.9. The van der Waals surface area contributed by atoms with Crippen LogP contribution in [0.4, 0.5) is 0 Å². The van der Waals surface area contributed by atoms with Crippen LogP contribution in [0.2, 0.25) is 0 Å². The normalized spacial score (nSPS) is 11.5. The van der Waals surface area contributed by atoms with Crippen molar-refractivity contribution >= 4 is 23.6 Å². The molecule has 184 valence electrons. The molecule has 6 heteroatoms. The van der Waals surface area contributed by atoms with E-state index in [0.29, 0.717) is 31.0 Å². The van der Waals surface area contributed by atoms with E-state index in [9.17, 15) is 9.59 Å². The smallest absolute Gasteiger partial charge is 0.243 e. The van der Waals surface area contributed by atoms with Gasteiger partial charge in [-0.05, 0) is 35.2 Å². The van der Waals surface area contributed by atoms with Crippen LogP contribution < -0.4 is 10.1 Å². The number of benzene rings is 3. The van der Waals surface area contributed by atoms with Gasteiger partial charge in [0.1, 0.15) is 11.8 Å². The van der Waals surface area contributed by atoms with E-state index < -0.39 is 6.04 Å². The second-order valence-corrected chi connectivity index (χ2v) is 9.33. The maximum Gasteiger partial charge on any atom is 0.243 e. The fraction of sp³-hybridized carbons (Fsp3) is 0.310. The number of carbonyl (C=O) groups is 2. The Bertz CT molecular complexity index is 1040. The van der Waals surface area contributed by atoms with Crippen LogP contribution in [-0.4, -0.2) is 42.2 Å². The molecule has 0 aliphatic carbocycles. The minimum Gasteiger partial charge on any atom is -0.497 e. The molecule has 2 amide bonds. The van der Waals surface area contributed by atoms with E-state index in [-0.39, 0.29) is 11.8 Å². The van der Waals surface area contributed by atoms with Gasteiger partial charge in [0.25, 0.3) is 0 Å². The summed E-state index contributed by atoms with van der Waals surface area (Å²) in [5, 5.41) is 3.02. The highest BCUT2D eigenvalue weighted by molar-refractivity contribution is 7.99. The largest absolute Gasteiger partial charge is 0.497 e. The molecule has 0 aromatic heterocycles. The summed E-state index contributed by atoms with van der Waals surface area (Å²) in [6, 6.07) is 27.0. The summed E-state index contributed by atoms with van der Waals surface area (Å²) in [7, 11) is 1.65. The van der Waals surface area contributed by atoms with E-state index >= 15 is 0 Å². The fourth-order valence-corrected chi connectivity index (χ4v) is 4.63. The van der Waals surface area contributed by atoms with Crippen molar-refractivity contribution in [1.29, 1.82) is 0 Å². The van der Waals surface area contributed by atoms with Gasteiger partial charge in [0.2, 0.25) is 11.8 Å². The van der Waals surface area contributed by atoms with Gasteiger partial charge in [-0.1, -0.05) is 79.7 Å². The van der Waals surface area contributed by atoms with Crippen LogP contribution in [0.1, 0.15) is 30.0 Å². The van der Waals surface area contributed by atoms with E-state index in [4.69, 9.17) is 4.74 Å². The lowest BCUT2D eigenvalue weighted by atomic mass is 10.0. The average molecular weight is 491 g/mol. The molecule has 0 aliphatic rings. The maximum atomic E-state index is 13.6. The van der Waals surface area contributed by atoms with Crippen LogP contribution >= 0.6 is 11.8 Å². The number of thioether (sulfide) groups is 1. The monoisotopic (exact) mass is 490 g/mol. The van der Waals surface area contributed by atoms with Gasteiger partial charge >= 0.3 is 0 Å². The standard InChI is InChI=1S/C29H34N2O3S/c1-3-18-30-29(33)27(19-23-10-6-4-7-11-23)31(20-24-12-8-5-9-13-24)28(32)22-35-21-25-14-16-26(34-2)17-15-25/h4-17,27H,3,18-22H2,1-2H3,(H,30,33). The molecule has 5 nitrogen and oxygen atoms in total. The molecule has 3 aromatic carbocycles. The zero-order valence-electron chi connectivity index (χ0n) is 20.5. The molecule has 1 atom stereocenters. The molecule has 3 rings (SSSR count). The SMILES string of the molecule is CCCNC(=O)C(Cc1ccccc1)N(Cc1ccccc1)C(=O)CSCc1ccc(OC)cc1. The molecule has 3 aromatic rings. The lowest BCUT2D eigenvalue weighted by Crippen LogP contribution is -2.51. The lowest BCUT2D eigenvalue weighted by molar-refractivity contribution is -0.139. The Morgan fingerprint density at radius 2 is 1.51 bits per heavy atom. The van der Waals surface area contributed by atoms with E-state index in [1.54, 1.807) is 23.8 Å². The molecule has 0 fully saturated rings. The molecule has 0 bridgehead atoms. The number of nitrogens with one attached hydrogen (secondary N) is 1. The van der Waals surface area contributed by atoms with Crippen LogP contribution in [0.5, 0.6) is 5.75 Å². The quantitative estimate of drug-likeness (QED) is 0.362. The van der Waals surface area contributed by atoms with E-state index in [2.05, 4.69) is 5.32 Å². The van der Waals surface area contributed by atoms with Crippen molar-refractivity contribution in [3.8, 4) is 5.75 Å². The summed E-state index contributed by atoms with van der Waals surface area (Å²) >= 11 is 1.56. The Balaban J connectivity index is 1.78. The minimum atomic E-state index is -0.585. The van der Waals surface area contributed by atoms with Crippen molar-refractivity contribution in [1.82, 2.24) is 10.2 Å². The van der Waals surface area contributed by atoms with Gasteiger partial charge < -0.3 is 15.0 Å². The molecular formula is C29H34N2O3S. The third-order valence-corrected chi connectivity index (χ3v) is 6.66. The second-order valence-electron chi connectivity index (χ2n) is 8.34. The first-order valence-electron chi connectivity index (χ1n) is 12.0. The first-order chi connectivity index (χ1) is 17.1. The molecule has 0 aliphatic heterocycles. The van der Waals surface area contributed by atoms with Gasteiger partial charge in [-0.15, -0.1) is 11.8 Å². The Morgan fingerprint density at radius 1 is 0.886 bits per heavy atom. The summed E-state index contributed by atoms with van der Waals surface area (Å²) < 4.78 is 5.22. The first-order valence-corrected chi connectivity index (χ1v) is 13.1. The number of nitrogens with zero attached hydrogens (tertiary/aromatic N) is 1. The maximum absolute atomic E-state index is 13.6. The molecule has 0 saturated carbocycles. The van der Waals surface area contributed by atoms with Gasteiger partial charge in [0.15, 0.2) is 0 Å². The number of methoxy groups -OCH3 is 1. The van der Waals surface area contributed by atoms with Gasteiger partial charge in [-0.25, -0.2) is 0 Å². The van der Waals surface area contributed by atoms with Crippen molar-refractivity contribution in [2.75, 3.05) is 19.4 Å². The Morgan fingerprint density at radius 3 is 2.11 bits per heavy atom. The van der Waals surface area contributed by atoms with Gasteiger partial charge in [0, 0.05) is 25.3 Å². The molecule has 35 heavy (non-hydrogen) atoms. The van der Waals surface area contributed by atoms with Crippen LogP contribution in [-0.2, 0) is 28.3 Å². The van der Waals surface area contributed by atoms with Crippen molar-refractivity contribution in [3.05, 3.63) is 102 Å². The van der Waals surface area contributed by atoms with E-state index in [1.165, 1.54) is 0 Å². The molecule has 1 N–H and O–H groups in total. The average Bonchev–Trinajstić information content (AvgIpc) is 2.90. The Labute approximate surface area is 212 Å². The summed E-state index contributed by atoms with van der Waals surface area (Å²) in [4.78, 5) is 28.6. The number of hydrogen-bond donors (Lipinski definition) is 1. The van der Waals surface area contributed by atoms with Crippen LogP contribution in [0.25, 0.3) is 0 Å². The third kappa shape index (κ3) is 8.48. The van der Waals surface area contributed by atoms with Crippen LogP contribution in [0.15, 0.2) is 84.9 Å². The number of amides is 2. The van der Waals surface area contributed by atoms with Crippen molar-refractivity contribution in [2.24, 2.45) is 0 Å². The van der Waals surface area contributed by atoms with Crippen molar-refractivity contribution in [2.45, 2.75) is 38.1 Å². The molecule has 0 saturated heterocycles. The summed E-state index contributed by atoms with van der Waals surface area (Å²) in [5.41, 5.74) is 3.16. The van der Waals surface area contributed by atoms with Gasteiger partial charge in [0.05, 0.1) is 12.9 Å².